The Morgan fingerprint density at radius 3 is 2.12 bits per heavy atom. The quantitative estimate of drug-likeness (QED) is 0.0941. The number of ether oxygens (including phenoxy) is 1. The molecule has 2 saturated carbocycles. The van der Waals surface area contributed by atoms with Gasteiger partial charge in [0, 0.05) is 98.3 Å². The van der Waals surface area contributed by atoms with Gasteiger partial charge in [0.15, 0.2) is 5.82 Å². The minimum absolute atomic E-state index is 0.0000910. The lowest BCUT2D eigenvalue weighted by Crippen LogP contribution is -2.58. The molecule has 6 aliphatic heterocycles. The number of benzene rings is 3. The van der Waals surface area contributed by atoms with Crippen molar-refractivity contribution in [1.29, 1.82) is 0 Å². The first-order valence-electron chi connectivity index (χ1n) is 31.9. The molecule has 8 amide bonds. The second kappa shape index (κ2) is 23.5. The first-order valence-corrected chi connectivity index (χ1v) is 31.9. The Labute approximate surface area is 511 Å². The maximum absolute atomic E-state index is 16.0. The monoisotopic (exact) mass is 1200 g/mol. The number of halogens is 1. The Hall–Kier alpha value is -8.07. The predicted molar refractivity (Wildman–Crippen MR) is 326 cm³/mol. The fourth-order valence-electron chi connectivity index (χ4n) is 15.3. The summed E-state index contributed by atoms with van der Waals surface area (Å²) in [5.41, 5.74) is 4.94. The largest absolute Gasteiger partial charge is 0.489 e. The van der Waals surface area contributed by atoms with E-state index < -0.39 is 40.9 Å². The van der Waals surface area contributed by atoms with E-state index >= 15 is 9.18 Å². The van der Waals surface area contributed by atoms with Gasteiger partial charge in [-0.25, -0.2) is 14.4 Å². The number of piperidine rings is 4. The van der Waals surface area contributed by atoms with Crippen LogP contribution in [0.4, 0.5) is 21.6 Å². The Bertz CT molecular complexity index is 3680. The third kappa shape index (κ3) is 10.6. The average Bonchev–Trinajstić information content (AvgIpc) is 1.57. The van der Waals surface area contributed by atoms with Gasteiger partial charge in [-0.05, 0) is 166 Å². The summed E-state index contributed by atoms with van der Waals surface area (Å²) in [6.45, 7) is 13.5. The number of rotatable bonds is 13. The zero-order valence-electron chi connectivity index (χ0n) is 50.9. The van der Waals surface area contributed by atoms with Gasteiger partial charge in [-0.15, -0.1) is 0 Å². The van der Waals surface area contributed by atoms with Crippen molar-refractivity contribution in [3.8, 4) is 17.0 Å². The Morgan fingerprint density at radius 2 is 1.45 bits per heavy atom. The molecular formula is C67H78FN11O9. The van der Waals surface area contributed by atoms with Crippen molar-refractivity contribution in [3.63, 3.8) is 0 Å². The molecule has 3 N–H and O–H groups in total. The maximum Gasteiger partial charge on any atom is 0.266 e. The first kappa shape index (κ1) is 58.9. The number of hydrogen-bond donors (Lipinski definition) is 3. The van der Waals surface area contributed by atoms with Crippen LogP contribution in [0.25, 0.3) is 22.3 Å². The number of pyridine rings is 1. The van der Waals surface area contributed by atoms with Crippen molar-refractivity contribution in [2.45, 2.75) is 173 Å². The number of amides is 8. The highest BCUT2D eigenvalue weighted by molar-refractivity contribution is 6.24. The molecule has 21 heteroatoms. The second-order valence-electron chi connectivity index (χ2n) is 26.4. The van der Waals surface area contributed by atoms with Crippen LogP contribution in [-0.2, 0) is 29.4 Å². The number of imidazole rings is 1. The van der Waals surface area contributed by atoms with E-state index in [1.165, 1.54) is 37.5 Å². The molecule has 462 valence electrons. The molecule has 1 spiro atoms. The highest BCUT2D eigenvalue weighted by atomic mass is 19.1. The molecule has 8 aliphatic rings. The molecule has 1 atom stereocenters. The Kier molecular flexibility index (Phi) is 15.7. The van der Waals surface area contributed by atoms with Crippen molar-refractivity contribution in [2.75, 3.05) is 49.5 Å². The van der Waals surface area contributed by atoms with Crippen molar-refractivity contribution < 1.29 is 47.5 Å². The highest BCUT2D eigenvalue weighted by Gasteiger charge is 2.56. The number of anilines is 3. The third-order valence-electron chi connectivity index (χ3n) is 20.2. The zero-order chi connectivity index (χ0) is 61.4. The van der Waals surface area contributed by atoms with Gasteiger partial charge < -0.3 is 39.5 Å². The summed E-state index contributed by atoms with van der Waals surface area (Å²) in [6.07, 6.45) is 11.3. The van der Waals surface area contributed by atoms with Crippen molar-refractivity contribution in [2.24, 2.45) is 11.8 Å². The first-order chi connectivity index (χ1) is 42.3. The van der Waals surface area contributed by atoms with Gasteiger partial charge in [-0.2, -0.15) is 0 Å². The summed E-state index contributed by atoms with van der Waals surface area (Å²) in [6, 6.07) is 15.1. The summed E-state index contributed by atoms with van der Waals surface area (Å²) in [4.78, 5) is 128. The number of aryl methyl sites for hydroxylation is 1. The number of hydrogen-bond acceptors (Lipinski definition) is 13. The van der Waals surface area contributed by atoms with E-state index in [9.17, 15) is 33.6 Å². The van der Waals surface area contributed by atoms with Gasteiger partial charge >= 0.3 is 0 Å². The van der Waals surface area contributed by atoms with Gasteiger partial charge in [-0.3, -0.25) is 48.6 Å². The van der Waals surface area contributed by atoms with Crippen LogP contribution in [0.3, 0.4) is 0 Å². The average molecular weight is 1200 g/mol. The van der Waals surface area contributed by atoms with E-state index in [1.807, 2.05) is 54.2 Å². The van der Waals surface area contributed by atoms with Crippen LogP contribution in [0.2, 0.25) is 0 Å². The summed E-state index contributed by atoms with van der Waals surface area (Å²) < 4.78 is 24.3. The molecule has 1 unspecified atom stereocenters. The summed E-state index contributed by atoms with van der Waals surface area (Å²) in [5, 5.41) is 8.43. The Balaban J connectivity index is 0.676. The lowest BCUT2D eigenvalue weighted by molar-refractivity contribution is -0.144. The van der Waals surface area contributed by atoms with Crippen molar-refractivity contribution in [1.82, 2.24) is 44.8 Å². The number of nitrogens with one attached hydrogen (secondary N) is 3. The van der Waals surface area contributed by atoms with Gasteiger partial charge in [0.25, 0.3) is 17.7 Å². The molecule has 2 aliphatic carbocycles. The normalized spacial score (nSPS) is 24.1. The van der Waals surface area contributed by atoms with E-state index in [4.69, 9.17) is 14.7 Å². The standard InChI is InChI=1S/C67H78FN11O9/c1-37(2)70-60(81)47-34-51(49(68)30-39(47)5)72-59-58-52(69-36-77(58)38(3)4)35-50(71-59)42-16-17-48-54(31-42)78(44-32-43(33-44)74-24-7-6-8-25-74)66(87)67(48)22-28-76(29-23-67)63(84)41-14-12-40(13-15-41)62(83)75-26-20-45(21-27-75)88-55-11-9-10-46-57(55)65(86)79(64(46)85)53-18-19-56(80)73-61(53)82/h9-11,16-17,30-31,34-38,40-41,43-45,53H,6-8,12-15,18-29,32-33H2,1-5H3,(H,70,81)(H,71,72)(H,73,80,82). The summed E-state index contributed by atoms with van der Waals surface area (Å²) >= 11 is 0. The number of likely N-dealkylation sites (tertiary alicyclic amines) is 3. The molecule has 3 aromatic carbocycles. The molecule has 0 radical (unpaired) electrons. The molecule has 6 fully saturated rings. The van der Waals surface area contributed by atoms with E-state index in [0.29, 0.717) is 117 Å². The number of fused-ring (bicyclic) bond motifs is 4. The number of aromatic nitrogens is 3. The van der Waals surface area contributed by atoms with Crippen LogP contribution in [-0.4, -0.2) is 151 Å². The number of carbonyl (C=O) groups is 8. The van der Waals surface area contributed by atoms with Gasteiger partial charge in [-0.1, -0.05) is 24.6 Å². The van der Waals surface area contributed by atoms with E-state index in [0.717, 1.165) is 47.6 Å². The molecule has 20 nitrogen and oxygen atoms in total. The molecule has 4 saturated heterocycles. The number of imide groups is 2. The fraction of sp³-hybridized carbons (Fsp3) is 0.522. The van der Waals surface area contributed by atoms with Gasteiger partial charge in [0.1, 0.15) is 29.2 Å². The maximum atomic E-state index is 16.0. The van der Waals surface area contributed by atoms with E-state index in [1.54, 1.807) is 25.4 Å². The molecule has 88 heavy (non-hydrogen) atoms. The van der Waals surface area contributed by atoms with E-state index in [-0.39, 0.29) is 95.1 Å². The molecule has 13 rings (SSSR count). The van der Waals surface area contributed by atoms with Crippen LogP contribution in [0.15, 0.2) is 60.9 Å². The molecule has 8 heterocycles. The lowest BCUT2D eigenvalue weighted by Gasteiger charge is -2.48. The minimum atomic E-state index is -1.08. The Morgan fingerprint density at radius 1 is 0.761 bits per heavy atom. The molecule has 0 bridgehead atoms. The molecule has 2 aromatic heterocycles. The third-order valence-corrected chi connectivity index (χ3v) is 20.2. The van der Waals surface area contributed by atoms with Gasteiger partial charge in [0.2, 0.25) is 29.5 Å². The lowest BCUT2D eigenvalue weighted by atomic mass is 9.72. The fourth-order valence-corrected chi connectivity index (χ4v) is 15.3. The molecular weight excluding hydrogens is 1120 g/mol. The van der Waals surface area contributed by atoms with Crippen LogP contribution in [0, 0.1) is 24.6 Å². The SMILES string of the molecule is Cc1cc(F)c(Nc2nc(-c3ccc4c(c3)N(C3CC(N5CCCCC5)C3)C(=O)C43CCN(C(=O)C4CCC(C(=O)N5CCC(Oc6cccc7c6C(=O)N(C6CCC(=O)NC6=O)C7=O)CC5)CC4)CC3)cc3ncn(C(C)C)c23)cc1C(=O)NC(C)C. The van der Waals surface area contributed by atoms with Crippen molar-refractivity contribution >= 4 is 75.5 Å². The van der Waals surface area contributed by atoms with Crippen LogP contribution in [0.1, 0.15) is 172 Å². The van der Waals surface area contributed by atoms with Crippen LogP contribution < -0.4 is 25.6 Å². The minimum Gasteiger partial charge on any atom is -0.489 e. The van der Waals surface area contributed by atoms with Crippen LogP contribution in [0.5, 0.6) is 5.75 Å². The summed E-state index contributed by atoms with van der Waals surface area (Å²) in [5.74, 6) is -2.74. The topological polar surface area (TPSA) is 229 Å². The number of carbonyl (C=O) groups excluding carboxylic acids is 8. The highest BCUT2D eigenvalue weighted by Crippen LogP contribution is 2.53. The van der Waals surface area contributed by atoms with Crippen molar-refractivity contribution in [3.05, 3.63) is 94.6 Å². The molecule has 5 aromatic rings. The number of nitrogens with zero attached hydrogens (tertiary/aromatic N) is 8. The predicted octanol–water partition coefficient (Wildman–Crippen LogP) is 8.51. The zero-order valence-corrected chi connectivity index (χ0v) is 50.9. The van der Waals surface area contributed by atoms with E-state index in [2.05, 4.69) is 37.9 Å². The second-order valence-corrected chi connectivity index (χ2v) is 26.4. The summed E-state index contributed by atoms with van der Waals surface area (Å²) in [7, 11) is 0. The smallest absolute Gasteiger partial charge is 0.266 e. The van der Waals surface area contributed by atoms with Gasteiger partial charge in [0.05, 0.1) is 39.8 Å². The van der Waals surface area contributed by atoms with Crippen LogP contribution >= 0.6 is 0 Å².